The molecule has 1 aromatic carbocycles. The van der Waals surface area contributed by atoms with E-state index in [0.29, 0.717) is 11.1 Å². The van der Waals surface area contributed by atoms with Crippen molar-refractivity contribution in [2.45, 2.75) is 12.5 Å². The molecule has 0 heterocycles. The van der Waals surface area contributed by atoms with Gasteiger partial charge in [0.05, 0.1) is 0 Å². The molecule has 90 valence electrons. The first-order valence-electron chi connectivity index (χ1n) is 5.29. The molecule has 0 spiro atoms. The minimum absolute atomic E-state index is 0.289. The van der Waals surface area contributed by atoms with Gasteiger partial charge in [0.15, 0.2) is 0 Å². The Morgan fingerprint density at radius 1 is 1.44 bits per heavy atom. The Morgan fingerprint density at radius 3 is 2.62 bits per heavy atom. The van der Waals surface area contributed by atoms with Crippen molar-refractivity contribution in [3.63, 3.8) is 0 Å². The standard InChI is InChI=1S/C12H18ClFN2/c1-15-11(8-16(2)3)6-9-4-5-10(14)7-12(9)13/h4-5,7,11,15H,6,8H2,1-3H3. The summed E-state index contributed by atoms with van der Waals surface area (Å²) in [4.78, 5) is 2.11. The Kier molecular flexibility index (Phi) is 5.19. The summed E-state index contributed by atoms with van der Waals surface area (Å²) in [6.45, 7) is 0.921. The number of nitrogens with one attached hydrogen (secondary N) is 1. The molecule has 1 N–H and O–H groups in total. The highest BCUT2D eigenvalue weighted by Gasteiger charge is 2.11. The summed E-state index contributed by atoms with van der Waals surface area (Å²) < 4.78 is 12.9. The molecule has 0 bridgehead atoms. The fraction of sp³-hybridized carbons (Fsp3) is 0.500. The zero-order valence-corrected chi connectivity index (χ0v) is 10.7. The molecule has 1 aromatic rings. The molecule has 0 saturated heterocycles. The average Bonchev–Trinajstić information content (AvgIpc) is 2.20. The molecule has 4 heteroatoms. The van der Waals surface area contributed by atoms with Gasteiger partial charge in [0.2, 0.25) is 0 Å². The fourth-order valence-electron chi connectivity index (χ4n) is 1.65. The third-order valence-corrected chi connectivity index (χ3v) is 2.83. The summed E-state index contributed by atoms with van der Waals surface area (Å²) >= 11 is 5.99. The Hall–Kier alpha value is -0.640. The molecule has 1 atom stereocenters. The van der Waals surface area contributed by atoms with Gasteiger partial charge in [-0.15, -0.1) is 0 Å². The first-order chi connectivity index (χ1) is 7.52. The molecular weight excluding hydrogens is 227 g/mol. The maximum Gasteiger partial charge on any atom is 0.124 e. The molecule has 0 saturated carbocycles. The van der Waals surface area contributed by atoms with Crippen molar-refractivity contribution >= 4 is 11.6 Å². The molecule has 0 amide bonds. The van der Waals surface area contributed by atoms with E-state index in [-0.39, 0.29) is 5.82 Å². The number of rotatable bonds is 5. The zero-order valence-electron chi connectivity index (χ0n) is 9.93. The van der Waals surface area contributed by atoms with Crippen LogP contribution in [0.3, 0.4) is 0 Å². The van der Waals surface area contributed by atoms with Gasteiger partial charge in [0.25, 0.3) is 0 Å². The highest BCUT2D eigenvalue weighted by atomic mass is 35.5. The lowest BCUT2D eigenvalue weighted by Crippen LogP contribution is -2.37. The van der Waals surface area contributed by atoms with E-state index in [1.54, 1.807) is 6.07 Å². The lowest BCUT2D eigenvalue weighted by atomic mass is 10.1. The number of nitrogens with zero attached hydrogens (tertiary/aromatic N) is 1. The maximum absolute atomic E-state index is 12.9. The predicted octanol–water partition coefficient (Wildman–Crippen LogP) is 2.17. The van der Waals surface area contributed by atoms with Crippen molar-refractivity contribution in [1.82, 2.24) is 10.2 Å². The van der Waals surface area contributed by atoms with Crippen molar-refractivity contribution in [2.24, 2.45) is 0 Å². The zero-order chi connectivity index (χ0) is 12.1. The van der Waals surface area contributed by atoms with Gasteiger partial charge in [-0.2, -0.15) is 0 Å². The van der Waals surface area contributed by atoms with Gasteiger partial charge >= 0.3 is 0 Å². The number of likely N-dealkylation sites (N-methyl/N-ethyl adjacent to an activating group) is 2. The van der Waals surface area contributed by atoms with Crippen molar-refractivity contribution in [3.05, 3.63) is 34.6 Å². The summed E-state index contributed by atoms with van der Waals surface area (Å²) in [5, 5.41) is 3.73. The maximum atomic E-state index is 12.9. The summed E-state index contributed by atoms with van der Waals surface area (Å²) in [5.41, 5.74) is 0.976. The molecule has 0 aliphatic rings. The van der Waals surface area contributed by atoms with E-state index in [2.05, 4.69) is 10.2 Å². The summed E-state index contributed by atoms with van der Waals surface area (Å²) in [7, 11) is 5.97. The van der Waals surface area contributed by atoms with E-state index in [4.69, 9.17) is 11.6 Å². The van der Waals surface area contributed by atoms with Gasteiger partial charge in [0, 0.05) is 17.6 Å². The monoisotopic (exact) mass is 244 g/mol. The Morgan fingerprint density at radius 2 is 2.12 bits per heavy atom. The van der Waals surface area contributed by atoms with E-state index in [1.165, 1.54) is 12.1 Å². The van der Waals surface area contributed by atoms with Crippen LogP contribution in [-0.2, 0) is 6.42 Å². The highest BCUT2D eigenvalue weighted by molar-refractivity contribution is 6.31. The van der Waals surface area contributed by atoms with E-state index < -0.39 is 0 Å². The third kappa shape index (κ3) is 4.08. The fourth-order valence-corrected chi connectivity index (χ4v) is 1.90. The van der Waals surface area contributed by atoms with E-state index in [1.807, 2.05) is 21.1 Å². The number of benzene rings is 1. The molecule has 1 unspecified atom stereocenters. The van der Waals surface area contributed by atoms with Gasteiger partial charge < -0.3 is 10.2 Å². The number of hydrogen-bond donors (Lipinski definition) is 1. The van der Waals surface area contributed by atoms with E-state index >= 15 is 0 Å². The van der Waals surface area contributed by atoms with E-state index in [0.717, 1.165) is 18.5 Å². The molecule has 16 heavy (non-hydrogen) atoms. The molecule has 2 nitrogen and oxygen atoms in total. The van der Waals surface area contributed by atoms with Gasteiger partial charge in [-0.05, 0) is 45.3 Å². The van der Waals surface area contributed by atoms with Crippen LogP contribution in [0.1, 0.15) is 5.56 Å². The predicted molar refractivity (Wildman–Crippen MR) is 66.5 cm³/mol. The van der Waals surface area contributed by atoms with Crippen LogP contribution in [0.4, 0.5) is 4.39 Å². The molecule has 0 aliphatic carbocycles. The van der Waals surface area contributed by atoms with Gasteiger partial charge in [-0.3, -0.25) is 0 Å². The number of hydrogen-bond acceptors (Lipinski definition) is 2. The van der Waals surface area contributed by atoms with Gasteiger partial charge in [0.1, 0.15) is 5.82 Å². The Balaban J connectivity index is 2.70. The SMILES string of the molecule is CNC(Cc1ccc(F)cc1Cl)CN(C)C. The molecule has 1 rings (SSSR count). The molecule has 0 aliphatic heterocycles. The second kappa shape index (κ2) is 6.18. The van der Waals surface area contributed by atoms with Crippen LogP contribution >= 0.6 is 11.6 Å². The highest BCUT2D eigenvalue weighted by Crippen LogP contribution is 2.18. The van der Waals surface area contributed by atoms with Crippen LogP contribution in [0.15, 0.2) is 18.2 Å². The van der Waals surface area contributed by atoms with Crippen LogP contribution in [-0.4, -0.2) is 38.6 Å². The van der Waals surface area contributed by atoms with Crippen LogP contribution < -0.4 is 5.32 Å². The Bertz CT molecular complexity index is 342. The van der Waals surface area contributed by atoms with Crippen LogP contribution in [0.2, 0.25) is 5.02 Å². The van der Waals surface area contributed by atoms with Gasteiger partial charge in [-0.25, -0.2) is 4.39 Å². The molecular formula is C12H18ClFN2. The quantitative estimate of drug-likeness (QED) is 0.854. The van der Waals surface area contributed by atoms with Crippen molar-refractivity contribution in [3.8, 4) is 0 Å². The van der Waals surface area contributed by atoms with Crippen molar-refractivity contribution < 1.29 is 4.39 Å². The largest absolute Gasteiger partial charge is 0.315 e. The Labute approximate surface area is 101 Å². The first kappa shape index (κ1) is 13.4. The molecule has 0 aromatic heterocycles. The summed E-state index contributed by atoms with van der Waals surface area (Å²) in [6.07, 6.45) is 0.799. The topological polar surface area (TPSA) is 15.3 Å². The van der Waals surface area contributed by atoms with Crippen LogP contribution in [0.5, 0.6) is 0 Å². The third-order valence-electron chi connectivity index (χ3n) is 2.48. The smallest absolute Gasteiger partial charge is 0.124 e. The van der Waals surface area contributed by atoms with Gasteiger partial charge in [-0.1, -0.05) is 17.7 Å². The second-order valence-electron chi connectivity index (χ2n) is 4.19. The van der Waals surface area contributed by atoms with Crippen molar-refractivity contribution in [2.75, 3.05) is 27.7 Å². The summed E-state index contributed by atoms with van der Waals surface area (Å²) in [6, 6.07) is 4.87. The normalized spacial score (nSPS) is 13.1. The average molecular weight is 245 g/mol. The lowest BCUT2D eigenvalue weighted by molar-refractivity contribution is 0.346. The minimum atomic E-state index is -0.289. The van der Waals surface area contributed by atoms with E-state index in [9.17, 15) is 4.39 Å². The number of halogens is 2. The minimum Gasteiger partial charge on any atom is -0.315 e. The lowest BCUT2D eigenvalue weighted by Gasteiger charge is -2.21. The first-order valence-corrected chi connectivity index (χ1v) is 5.66. The van der Waals surface area contributed by atoms with Crippen LogP contribution in [0, 0.1) is 5.82 Å². The molecule has 0 fully saturated rings. The van der Waals surface area contributed by atoms with Crippen LogP contribution in [0.25, 0.3) is 0 Å². The second-order valence-corrected chi connectivity index (χ2v) is 4.59. The summed E-state index contributed by atoms with van der Waals surface area (Å²) in [5.74, 6) is -0.289. The van der Waals surface area contributed by atoms with Crippen molar-refractivity contribution in [1.29, 1.82) is 0 Å². The molecule has 0 radical (unpaired) electrons.